The van der Waals surface area contributed by atoms with Crippen LogP contribution in [0.5, 0.6) is 0 Å². The molecule has 1 saturated carbocycles. The summed E-state index contributed by atoms with van der Waals surface area (Å²) in [6.07, 6.45) is 5.29. The van der Waals surface area contributed by atoms with Gasteiger partial charge in [0.1, 0.15) is 0 Å². The molecule has 5 heteroatoms. The van der Waals surface area contributed by atoms with Crippen molar-refractivity contribution in [3.05, 3.63) is 34.9 Å². The Morgan fingerprint density at radius 1 is 1.24 bits per heavy atom. The summed E-state index contributed by atoms with van der Waals surface area (Å²) in [5, 5.41) is 0.737. The number of thioether (sulfide) groups is 1. The van der Waals surface area contributed by atoms with Crippen molar-refractivity contribution in [2.75, 3.05) is 38.7 Å². The van der Waals surface area contributed by atoms with E-state index in [9.17, 15) is 4.79 Å². The van der Waals surface area contributed by atoms with Gasteiger partial charge in [-0.1, -0.05) is 36.6 Å². The summed E-state index contributed by atoms with van der Waals surface area (Å²) in [5.74, 6) is 2.55. The molecule has 0 aromatic heterocycles. The molecule has 1 aliphatic heterocycles. The topological polar surface area (TPSA) is 23.6 Å². The van der Waals surface area contributed by atoms with E-state index in [-0.39, 0.29) is 5.41 Å². The first-order valence-electron chi connectivity index (χ1n) is 9.32. The van der Waals surface area contributed by atoms with Gasteiger partial charge in [0, 0.05) is 23.9 Å². The van der Waals surface area contributed by atoms with Crippen molar-refractivity contribution in [2.24, 2.45) is 0 Å². The predicted molar refractivity (Wildman–Crippen MR) is 108 cm³/mol. The minimum Gasteiger partial charge on any atom is -0.337 e. The van der Waals surface area contributed by atoms with Crippen molar-refractivity contribution in [1.29, 1.82) is 0 Å². The number of likely N-dealkylation sites (N-methyl/N-ethyl adjacent to an activating group) is 1. The number of amides is 1. The molecule has 0 bridgehead atoms. The van der Waals surface area contributed by atoms with Crippen molar-refractivity contribution in [3.63, 3.8) is 0 Å². The van der Waals surface area contributed by atoms with Gasteiger partial charge in [0.2, 0.25) is 5.91 Å². The van der Waals surface area contributed by atoms with Crippen molar-refractivity contribution < 1.29 is 4.79 Å². The van der Waals surface area contributed by atoms with Crippen molar-refractivity contribution in [3.8, 4) is 0 Å². The zero-order valence-electron chi connectivity index (χ0n) is 15.3. The fourth-order valence-electron chi connectivity index (χ4n) is 4.32. The molecule has 1 aromatic rings. The van der Waals surface area contributed by atoms with E-state index >= 15 is 0 Å². The Balaban J connectivity index is 1.91. The second-order valence-corrected chi connectivity index (χ2v) is 9.23. The van der Waals surface area contributed by atoms with Gasteiger partial charge in [0.25, 0.3) is 0 Å². The third-order valence-corrected chi connectivity index (χ3v) is 6.99. The molecule has 3 nitrogen and oxygen atoms in total. The normalized spacial score (nSPS) is 23.7. The highest BCUT2D eigenvalue weighted by molar-refractivity contribution is 7.99. The maximum atomic E-state index is 13.8. The van der Waals surface area contributed by atoms with E-state index in [1.165, 1.54) is 0 Å². The van der Waals surface area contributed by atoms with Crippen LogP contribution >= 0.6 is 23.4 Å². The molecule has 1 saturated heterocycles. The average Bonchev–Trinajstić information content (AvgIpc) is 2.97. The highest BCUT2D eigenvalue weighted by atomic mass is 35.5. The van der Waals surface area contributed by atoms with Gasteiger partial charge in [0.15, 0.2) is 0 Å². The van der Waals surface area contributed by atoms with Gasteiger partial charge < -0.3 is 9.80 Å². The largest absolute Gasteiger partial charge is 0.337 e. The van der Waals surface area contributed by atoms with Gasteiger partial charge >= 0.3 is 0 Å². The molecule has 1 unspecified atom stereocenters. The number of nitrogens with zero attached hydrogens (tertiary/aromatic N) is 2. The second-order valence-electron chi connectivity index (χ2n) is 7.64. The molecule has 1 amide bonds. The Bertz CT molecular complexity index is 584. The number of hydrogen-bond acceptors (Lipinski definition) is 3. The lowest BCUT2D eigenvalue weighted by Gasteiger charge is -2.39. The van der Waals surface area contributed by atoms with Crippen LogP contribution in [0.1, 0.15) is 37.7 Å². The standard InChI is InChI=1S/C20H29ClN2OS/c1-22(2)14-18-15-25-13-5-12-23(18)19(24)20(10-3-4-11-20)16-6-8-17(21)9-7-16/h6-9,18H,3-5,10-15H2,1-2H3. The maximum Gasteiger partial charge on any atom is 0.233 e. The summed E-state index contributed by atoms with van der Waals surface area (Å²) in [6.45, 7) is 1.83. The minimum atomic E-state index is -0.343. The molecule has 0 radical (unpaired) electrons. The third-order valence-electron chi connectivity index (χ3n) is 5.54. The molecule has 3 rings (SSSR count). The van der Waals surface area contributed by atoms with Crippen LogP contribution in [0.15, 0.2) is 24.3 Å². The average molecular weight is 381 g/mol. The van der Waals surface area contributed by atoms with E-state index < -0.39 is 0 Å². The van der Waals surface area contributed by atoms with E-state index in [2.05, 4.69) is 36.0 Å². The molecule has 25 heavy (non-hydrogen) atoms. The number of rotatable bonds is 4. The SMILES string of the molecule is CN(C)CC1CSCCCN1C(=O)C1(c2ccc(Cl)cc2)CCCC1. The monoisotopic (exact) mass is 380 g/mol. The summed E-state index contributed by atoms with van der Waals surface area (Å²) in [7, 11) is 4.20. The first kappa shape index (κ1) is 19.1. The summed E-state index contributed by atoms with van der Waals surface area (Å²) in [6, 6.07) is 8.30. The van der Waals surface area contributed by atoms with Crippen molar-refractivity contribution >= 4 is 29.3 Å². The summed E-state index contributed by atoms with van der Waals surface area (Å²) in [5.41, 5.74) is 0.810. The van der Waals surface area contributed by atoms with E-state index in [4.69, 9.17) is 11.6 Å². The lowest BCUT2D eigenvalue weighted by molar-refractivity contribution is -0.139. The van der Waals surface area contributed by atoms with Crippen LogP contribution in [0, 0.1) is 0 Å². The van der Waals surface area contributed by atoms with E-state index in [1.807, 2.05) is 23.9 Å². The van der Waals surface area contributed by atoms with Crippen molar-refractivity contribution in [2.45, 2.75) is 43.6 Å². The lowest BCUT2D eigenvalue weighted by atomic mass is 9.77. The van der Waals surface area contributed by atoms with E-state index in [0.717, 1.165) is 67.3 Å². The Labute approximate surface area is 161 Å². The van der Waals surface area contributed by atoms with Crippen molar-refractivity contribution in [1.82, 2.24) is 9.80 Å². The van der Waals surface area contributed by atoms with Gasteiger partial charge in [-0.15, -0.1) is 0 Å². The summed E-state index contributed by atoms with van der Waals surface area (Å²) < 4.78 is 0. The molecule has 2 aliphatic rings. The number of carbonyl (C=O) groups excluding carboxylic acids is 1. The second kappa shape index (κ2) is 8.32. The first-order chi connectivity index (χ1) is 12.0. The fraction of sp³-hybridized carbons (Fsp3) is 0.650. The van der Waals surface area contributed by atoms with E-state index in [1.54, 1.807) is 0 Å². The van der Waals surface area contributed by atoms with Gasteiger partial charge in [-0.25, -0.2) is 0 Å². The molecule has 1 atom stereocenters. The number of halogens is 1. The molecule has 0 spiro atoms. The van der Waals surface area contributed by atoms with Crippen LogP contribution in [0.2, 0.25) is 5.02 Å². The molecule has 1 heterocycles. The quantitative estimate of drug-likeness (QED) is 0.787. The molecule has 1 aromatic carbocycles. The van der Waals surface area contributed by atoms with E-state index in [0.29, 0.717) is 11.9 Å². The predicted octanol–water partition coefficient (Wildman–Crippen LogP) is 4.05. The number of carbonyl (C=O) groups is 1. The maximum absolute atomic E-state index is 13.8. The highest BCUT2D eigenvalue weighted by Gasteiger charge is 2.46. The lowest BCUT2D eigenvalue weighted by Crippen LogP contribution is -2.53. The van der Waals surface area contributed by atoms with Crippen LogP contribution in [-0.2, 0) is 10.2 Å². The van der Waals surface area contributed by atoms with Gasteiger partial charge in [-0.3, -0.25) is 4.79 Å². The zero-order chi connectivity index (χ0) is 17.9. The smallest absolute Gasteiger partial charge is 0.233 e. The molecular weight excluding hydrogens is 352 g/mol. The zero-order valence-corrected chi connectivity index (χ0v) is 16.9. The third kappa shape index (κ3) is 4.17. The Kier molecular flexibility index (Phi) is 6.35. The number of benzene rings is 1. The van der Waals surface area contributed by atoms with Crippen LogP contribution in [-0.4, -0.2) is 60.4 Å². The fourth-order valence-corrected chi connectivity index (χ4v) is 5.50. The molecular formula is C20H29ClN2OS. The highest BCUT2D eigenvalue weighted by Crippen LogP contribution is 2.43. The van der Waals surface area contributed by atoms with Gasteiger partial charge in [0.05, 0.1) is 11.5 Å². The summed E-state index contributed by atoms with van der Waals surface area (Å²) in [4.78, 5) is 18.2. The minimum absolute atomic E-state index is 0.305. The van der Waals surface area contributed by atoms with Crippen LogP contribution in [0.25, 0.3) is 0 Å². The molecule has 0 N–H and O–H groups in total. The molecule has 1 aliphatic carbocycles. The van der Waals surface area contributed by atoms with Crippen LogP contribution in [0.3, 0.4) is 0 Å². The Hall–Kier alpha value is -0.710. The Morgan fingerprint density at radius 2 is 1.92 bits per heavy atom. The summed E-state index contributed by atoms with van der Waals surface area (Å²) >= 11 is 8.08. The van der Waals surface area contributed by atoms with Crippen LogP contribution in [0.4, 0.5) is 0 Å². The number of hydrogen-bond donors (Lipinski definition) is 0. The van der Waals surface area contributed by atoms with Crippen LogP contribution < -0.4 is 0 Å². The molecule has 138 valence electrons. The molecule has 2 fully saturated rings. The van der Waals surface area contributed by atoms with Gasteiger partial charge in [-0.05, 0) is 56.8 Å². The Morgan fingerprint density at radius 3 is 2.56 bits per heavy atom. The first-order valence-corrected chi connectivity index (χ1v) is 10.9. The van der Waals surface area contributed by atoms with Gasteiger partial charge in [-0.2, -0.15) is 11.8 Å².